The van der Waals surface area contributed by atoms with E-state index < -0.39 is 5.51 Å². The third-order valence-corrected chi connectivity index (χ3v) is 3.99. The van der Waals surface area contributed by atoms with Gasteiger partial charge in [-0.15, -0.1) is 0 Å². The molecular weight excluding hydrogens is 363 g/mol. The van der Waals surface area contributed by atoms with Crippen molar-refractivity contribution < 1.29 is 13.2 Å². The molecule has 2 heterocycles. The van der Waals surface area contributed by atoms with Crippen LogP contribution in [0.5, 0.6) is 0 Å². The molecule has 0 spiro atoms. The maximum atomic E-state index is 12.5. The molecule has 5 nitrogen and oxygen atoms in total. The van der Waals surface area contributed by atoms with Crippen LogP contribution in [0.2, 0.25) is 0 Å². The highest BCUT2D eigenvalue weighted by Crippen LogP contribution is 2.37. The van der Waals surface area contributed by atoms with Crippen molar-refractivity contribution in [2.24, 2.45) is 0 Å². The molecular formula is C17H14F3N5S. The van der Waals surface area contributed by atoms with Crippen molar-refractivity contribution in [2.75, 3.05) is 17.7 Å². The molecule has 0 unspecified atom stereocenters. The maximum absolute atomic E-state index is 12.5. The molecule has 0 aliphatic rings. The molecule has 3 aromatic rings. The van der Waals surface area contributed by atoms with E-state index in [1.165, 1.54) is 12.1 Å². The van der Waals surface area contributed by atoms with Gasteiger partial charge in [0.1, 0.15) is 5.82 Å². The molecule has 0 fully saturated rings. The van der Waals surface area contributed by atoms with E-state index in [2.05, 4.69) is 25.6 Å². The smallest absolute Gasteiger partial charge is 0.357 e. The summed E-state index contributed by atoms with van der Waals surface area (Å²) in [5.74, 6) is 0.855. The average molecular weight is 377 g/mol. The van der Waals surface area contributed by atoms with Crippen molar-refractivity contribution >= 4 is 29.2 Å². The number of benzene rings is 1. The first-order valence-corrected chi connectivity index (χ1v) is 8.35. The number of nitrogens with one attached hydrogen (secondary N) is 2. The van der Waals surface area contributed by atoms with Crippen LogP contribution >= 0.6 is 11.8 Å². The number of alkyl halides is 3. The summed E-state index contributed by atoms with van der Waals surface area (Å²) in [6.07, 6.45) is 3.31. The second-order valence-electron chi connectivity index (χ2n) is 5.15. The highest BCUT2D eigenvalue weighted by atomic mass is 32.2. The fourth-order valence-electron chi connectivity index (χ4n) is 2.21. The average Bonchev–Trinajstić information content (AvgIpc) is 2.61. The first-order valence-electron chi connectivity index (χ1n) is 7.53. The molecule has 1 aromatic carbocycles. The van der Waals surface area contributed by atoms with Crippen molar-refractivity contribution in [3.8, 4) is 11.3 Å². The van der Waals surface area contributed by atoms with Gasteiger partial charge in [-0.2, -0.15) is 18.2 Å². The van der Waals surface area contributed by atoms with Gasteiger partial charge in [-0.25, -0.2) is 4.98 Å². The Labute approximate surface area is 152 Å². The quantitative estimate of drug-likeness (QED) is 0.615. The molecule has 0 bridgehead atoms. The molecule has 26 heavy (non-hydrogen) atoms. The van der Waals surface area contributed by atoms with Crippen LogP contribution < -0.4 is 10.6 Å². The van der Waals surface area contributed by atoms with Gasteiger partial charge in [-0.1, -0.05) is 6.07 Å². The van der Waals surface area contributed by atoms with Crippen molar-refractivity contribution in [1.82, 2.24) is 15.0 Å². The van der Waals surface area contributed by atoms with Gasteiger partial charge in [0.25, 0.3) is 0 Å². The Morgan fingerprint density at radius 2 is 1.77 bits per heavy atom. The number of anilines is 3. The molecule has 0 saturated carbocycles. The van der Waals surface area contributed by atoms with E-state index in [0.717, 1.165) is 5.56 Å². The molecule has 0 radical (unpaired) electrons. The predicted molar refractivity (Wildman–Crippen MR) is 96.4 cm³/mol. The zero-order valence-electron chi connectivity index (χ0n) is 13.6. The van der Waals surface area contributed by atoms with Gasteiger partial charge in [-0.05, 0) is 42.1 Å². The molecule has 2 N–H and O–H groups in total. The zero-order chi connectivity index (χ0) is 18.6. The molecule has 0 aliphatic carbocycles. The highest BCUT2D eigenvalue weighted by molar-refractivity contribution is 8.00. The van der Waals surface area contributed by atoms with Crippen LogP contribution in [0.25, 0.3) is 11.3 Å². The van der Waals surface area contributed by atoms with Crippen LogP contribution in [0.3, 0.4) is 0 Å². The molecule has 2 aromatic heterocycles. The van der Waals surface area contributed by atoms with Crippen LogP contribution in [0.1, 0.15) is 0 Å². The Bertz CT molecular complexity index is 887. The Morgan fingerprint density at radius 1 is 1.00 bits per heavy atom. The molecule has 3 rings (SSSR count). The summed E-state index contributed by atoms with van der Waals surface area (Å²) in [6.45, 7) is 0. The lowest BCUT2D eigenvalue weighted by molar-refractivity contribution is -0.0328. The molecule has 0 aliphatic heterocycles. The largest absolute Gasteiger partial charge is 0.446 e. The summed E-state index contributed by atoms with van der Waals surface area (Å²) in [4.78, 5) is 12.8. The van der Waals surface area contributed by atoms with E-state index in [-0.39, 0.29) is 16.7 Å². The minimum Gasteiger partial charge on any atom is -0.357 e. The Hall–Kier alpha value is -2.81. The van der Waals surface area contributed by atoms with Crippen molar-refractivity contribution in [2.45, 2.75) is 10.4 Å². The number of aromatic nitrogens is 3. The molecule has 9 heteroatoms. The summed E-state index contributed by atoms with van der Waals surface area (Å²) in [5, 5.41) is 5.90. The van der Waals surface area contributed by atoms with E-state index >= 15 is 0 Å². The standard InChI is InChI=1S/C17H14F3N5S/c1-21-16-24-14(11-5-7-22-8-6-11)10-15(25-16)23-12-3-2-4-13(9-12)26-17(18,19)20/h2-10H,1H3,(H2,21,23,24,25). The molecule has 0 atom stereocenters. The number of pyridine rings is 1. The van der Waals surface area contributed by atoms with Crippen molar-refractivity contribution in [3.63, 3.8) is 0 Å². The summed E-state index contributed by atoms with van der Waals surface area (Å²) in [7, 11) is 1.69. The number of thioether (sulfide) groups is 1. The topological polar surface area (TPSA) is 62.7 Å². The van der Waals surface area contributed by atoms with Crippen LogP contribution in [0.4, 0.5) is 30.6 Å². The Kier molecular flexibility index (Phi) is 5.27. The van der Waals surface area contributed by atoms with Gasteiger partial charge in [0.15, 0.2) is 0 Å². The van der Waals surface area contributed by atoms with Gasteiger partial charge in [0.2, 0.25) is 5.95 Å². The minimum atomic E-state index is -4.33. The number of nitrogens with zero attached hydrogens (tertiary/aromatic N) is 3. The lowest BCUT2D eigenvalue weighted by atomic mass is 10.2. The van der Waals surface area contributed by atoms with E-state index in [1.807, 2.05) is 12.1 Å². The second-order valence-corrected chi connectivity index (χ2v) is 6.29. The normalized spacial score (nSPS) is 11.2. The maximum Gasteiger partial charge on any atom is 0.446 e. The number of rotatable bonds is 5. The number of halogens is 3. The van der Waals surface area contributed by atoms with Crippen LogP contribution in [0, 0.1) is 0 Å². The predicted octanol–water partition coefficient (Wildman–Crippen LogP) is 4.94. The lowest BCUT2D eigenvalue weighted by Crippen LogP contribution is -2.02. The summed E-state index contributed by atoms with van der Waals surface area (Å²) < 4.78 is 37.6. The number of hydrogen-bond acceptors (Lipinski definition) is 6. The van der Waals surface area contributed by atoms with E-state index in [0.29, 0.717) is 23.1 Å². The van der Waals surface area contributed by atoms with Crippen LogP contribution in [-0.4, -0.2) is 27.5 Å². The van der Waals surface area contributed by atoms with Gasteiger partial charge >= 0.3 is 5.51 Å². The van der Waals surface area contributed by atoms with Gasteiger partial charge in [-0.3, -0.25) is 4.98 Å². The van der Waals surface area contributed by atoms with Gasteiger partial charge in [0.05, 0.1) is 5.69 Å². The Morgan fingerprint density at radius 3 is 2.46 bits per heavy atom. The third kappa shape index (κ3) is 4.85. The van der Waals surface area contributed by atoms with Crippen LogP contribution in [0.15, 0.2) is 59.8 Å². The summed E-state index contributed by atoms with van der Waals surface area (Å²) in [6, 6.07) is 11.4. The van der Waals surface area contributed by atoms with E-state index in [4.69, 9.17) is 0 Å². The monoisotopic (exact) mass is 377 g/mol. The van der Waals surface area contributed by atoms with E-state index in [1.54, 1.807) is 37.6 Å². The fraction of sp³-hybridized carbons (Fsp3) is 0.118. The zero-order valence-corrected chi connectivity index (χ0v) is 14.4. The summed E-state index contributed by atoms with van der Waals surface area (Å²) in [5.41, 5.74) is -2.32. The second kappa shape index (κ2) is 7.61. The third-order valence-electron chi connectivity index (χ3n) is 3.27. The first kappa shape index (κ1) is 18.0. The van der Waals surface area contributed by atoms with Crippen molar-refractivity contribution in [1.29, 1.82) is 0 Å². The van der Waals surface area contributed by atoms with Gasteiger partial charge < -0.3 is 10.6 Å². The molecule has 134 valence electrons. The summed E-state index contributed by atoms with van der Waals surface area (Å²) >= 11 is -0.159. The fourth-order valence-corrected chi connectivity index (χ4v) is 2.81. The SMILES string of the molecule is CNc1nc(Nc2cccc(SC(F)(F)F)c2)cc(-c2ccncc2)n1. The van der Waals surface area contributed by atoms with Crippen molar-refractivity contribution in [3.05, 3.63) is 54.9 Å². The Balaban J connectivity index is 1.89. The first-order chi connectivity index (χ1) is 12.4. The number of hydrogen-bond donors (Lipinski definition) is 2. The van der Waals surface area contributed by atoms with Gasteiger partial charge in [0, 0.05) is 41.7 Å². The van der Waals surface area contributed by atoms with E-state index in [9.17, 15) is 13.2 Å². The van der Waals surface area contributed by atoms with Crippen LogP contribution in [-0.2, 0) is 0 Å². The molecule has 0 amide bonds. The molecule has 0 saturated heterocycles. The lowest BCUT2D eigenvalue weighted by Gasteiger charge is -2.11. The highest BCUT2D eigenvalue weighted by Gasteiger charge is 2.29. The minimum absolute atomic E-state index is 0.0970.